The van der Waals surface area contributed by atoms with Crippen molar-refractivity contribution in [1.82, 2.24) is 15.0 Å². The van der Waals surface area contributed by atoms with Gasteiger partial charge in [-0.1, -0.05) is 6.92 Å². The standard InChI is InChI=1S/C13H17N3O2/c1-3-17-10-5-4-9-12(15-10)16-13(14-9)11-8(2)6-7-18-11/h4-5,8,11H,3,6-7H2,1-2H3,(H,14,15,16). The molecule has 2 atom stereocenters. The van der Waals surface area contributed by atoms with Gasteiger partial charge in [0.2, 0.25) is 5.88 Å². The van der Waals surface area contributed by atoms with E-state index in [1.165, 1.54) is 0 Å². The molecule has 0 radical (unpaired) electrons. The van der Waals surface area contributed by atoms with E-state index in [1.807, 2.05) is 19.1 Å². The van der Waals surface area contributed by atoms with E-state index in [0.717, 1.165) is 24.4 Å². The van der Waals surface area contributed by atoms with Gasteiger partial charge in [-0.05, 0) is 25.3 Å². The van der Waals surface area contributed by atoms with Gasteiger partial charge >= 0.3 is 0 Å². The van der Waals surface area contributed by atoms with Crippen LogP contribution >= 0.6 is 0 Å². The zero-order valence-electron chi connectivity index (χ0n) is 10.6. The monoisotopic (exact) mass is 247 g/mol. The Balaban J connectivity index is 1.95. The number of nitrogens with one attached hydrogen (secondary N) is 1. The molecule has 0 aliphatic carbocycles. The smallest absolute Gasteiger partial charge is 0.215 e. The number of hydrogen-bond acceptors (Lipinski definition) is 4. The summed E-state index contributed by atoms with van der Waals surface area (Å²) in [5.74, 6) is 1.98. The lowest BCUT2D eigenvalue weighted by molar-refractivity contribution is 0.0882. The molecule has 0 amide bonds. The maximum atomic E-state index is 5.71. The Bertz CT molecular complexity index is 552. The summed E-state index contributed by atoms with van der Waals surface area (Å²) < 4.78 is 11.1. The molecule has 18 heavy (non-hydrogen) atoms. The van der Waals surface area contributed by atoms with E-state index in [1.54, 1.807) is 0 Å². The molecule has 0 bridgehead atoms. The third kappa shape index (κ3) is 1.95. The summed E-state index contributed by atoms with van der Waals surface area (Å²) in [6.45, 7) is 5.54. The van der Waals surface area contributed by atoms with Gasteiger partial charge in [0.25, 0.3) is 0 Å². The molecular formula is C13H17N3O2. The minimum atomic E-state index is 0.0646. The van der Waals surface area contributed by atoms with Gasteiger partial charge in [-0.3, -0.25) is 0 Å². The highest BCUT2D eigenvalue weighted by Gasteiger charge is 2.28. The summed E-state index contributed by atoms with van der Waals surface area (Å²) in [7, 11) is 0. The van der Waals surface area contributed by atoms with Gasteiger partial charge in [-0.2, -0.15) is 4.98 Å². The van der Waals surface area contributed by atoms with Crippen molar-refractivity contribution in [1.29, 1.82) is 0 Å². The molecule has 1 aliphatic heterocycles. The van der Waals surface area contributed by atoms with Crippen LogP contribution in [0.2, 0.25) is 0 Å². The molecule has 1 N–H and O–H groups in total. The predicted molar refractivity (Wildman–Crippen MR) is 67.5 cm³/mol. The van der Waals surface area contributed by atoms with Gasteiger partial charge in [0, 0.05) is 12.7 Å². The average Bonchev–Trinajstić information content (AvgIpc) is 2.94. The lowest BCUT2D eigenvalue weighted by atomic mass is 10.0. The van der Waals surface area contributed by atoms with Gasteiger partial charge in [0.15, 0.2) is 5.65 Å². The molecule has 1 saturated heterocycles. The van der Waals surface area contributed by atoms with Crippen LogP contribution in [0.5, 0.6) is 5.88 Å². The minimum absolute atomic E-state index is 0.0646. The second-order valence-electron chi connectivity index (χ2n) is 4.63. The zero-order chi connectivity index (χ0) is 12.5. The summed E-state index contributed by atoms with van der Waals surface area (Å²) in [4.78, 5) is 12.2. The van der Waals surface area contributed by atoms with Crippen molar-refractivity contribution < 1.29 is 9.47 Å². The van der Waals surface area contributed by atoms with E-state index >= 15 is 0 Å². The van der Waals surface area contributed by atoms with Gasteiger partial charge in [0.1, 0.15) is 11.9 Å². The van der Waals surface area contributed by atoms with Crippen molar-refractivity contribution in [3.8, 4) is 5.88 Å². The molecule has 0 aromatic carbocycles. The Hall–Kier alpha value is -1.62. The minimum Gasteiger partial charge on any atom is -0.478 e. The van der Waals surface area contributed by atoms with Crippen molar-refractivity contribution in [2.75, 3.05) is 13.2 Å². The van der Waals surface area contributed by atoms with Crippen LogP contribution in [0.25, 0.3) is 11.2 Å². The predicted octanol–water partition coefficient (Wildman–Crippen LogP) is 2.45. The molecule has 5 heteroatoms. The highest BCUT2D eigenvalue weighted by atomic mass is 16.5. The fraction of sp³-hybridized carbons (Fsp3) is 0.538. The van der Waals surface area contributed by atoms with Crippen LogP contribution in [0.3, 0.4) is 0 Å². The first-order valence-electron chi connectivity index (χ1n) is 6.39. The largest absolute Gasteiger partial charge is 0.478 e. The fourth-order valence-electron chi connectivity index (χ4n) is 2.30. The van der Waals surface area contributed by atoms with E-state index in [4.69, 9.17) is 9.47 Å². The highest BCUT2D eigenvalue weighted by Crippen LogP contribution is 2.33. The number of fused-ring (bicyclic) bond motifs is 1. The molecular weight excluding hydrogens is 230 g/mol. The summed E-state index contributed by atoms with van der Waals surface area (Å²) in [6, 6.07) is 3.80. The van der Waals surface area contributed by atoms with Crippen molar-refractivity contribution in [2.45, 2.75) is 26.4 Å². The Kier molecular flexibility index (Phi) is 2.91. The van der Waals surface area contributed by atoms with Crippen LogP contribution in [0.1, 0.15) is 32.2 Å². The number of H-pyrrole nitrogens is 1. The lowest BCUT2D eigenvalue weighted by Gasteiger charge is -2.10. The van der Waals surface area contributed by atoms with Gasteiger partial charge < -0.3 is 14.5 Å². The van der Waals surface area contributed by atoms with Gasteiger partial charge in [-0.15, -0.1) is 0 Å². The molecule has 96 valence electrons. The number of hydrogen-bond donors (Lipinski definition) is 1. The van der Waals surface area contributed by atoms with Crippen molar-refractivity contribution >= 4 is 11.2 Å². The van der Waals surface area contributed by atoms with E-state index in [2.05, 4.69) is 21.9 Å². The summed E-state index contributed by atoms with van der Waals surface area (Å²) in [6.07, 6.45) is 1.15. The molecule has 0 saturated carbocycles. The molecule has 0 spiro atoms. The third-order valence-electron chi connectivity index (χ3n) is 3.29. The van der Waals surface area contributed by atoms with E-state index < -0.39 is 0 Å². The van der Waals surface area contributed by atoms with Gasteiger partial charge in [0.05, 0.1) is 12.1 Å². The second-order valence-corrected chi connectivity index (χ2v) is 4.63. The molecule has 2 unspecified atom stereocenters. The summed E-state index contributed by atoms with van der Waals surface area (Å²) >= 11 is 0. The number of nitrogens with zero attached hydrogens (tertiary/aromatic N) is 2. The van der Waals surface area contributed by atoms with Gasteiger partial charge in [-0.25, -0.2) is 4.98 Å². The van der Waals surface area contributed by atoms with Crippen LogP contribution < -0.4 is 4.74 Å². The first-order chi connectivity index (χ1) is 8.78. The maximum Gasteiger partial charge on any atom is 0.215 e. The number of rotatable bonds is 3. The molecule has 1 fully saturated rings. The van der Waals surface area contributed by atoms with Crippen LogP contribution in [-0.2, 0) is 4.74 Å². The molecule has 3 rings (SSSR count). The second kappa shape index (κ2) is 4.57. The summed E-state index contributed by atoms with van der Waals surface area (Å²) in [5, 5.41) is 0. The van der Waals surface area contributed by atoms with Crippen LogP contribution in [0.4, 0.5) is 0 Å². The molecule has 2 aromatic rings. The number of pyridine rings is 1. The molecule has 2 aromatic heterocycles. The lowest BCUT2D eigenvalue weighted by Crippen LogP contribution is -2.05. The van der Waals surface area contributed by atoms with E-state index in [-0.39, 0.29) is 6.10 Å². The zero-order valence-corrected chi connectivity index (χ0v) is 10.6. The first kappa shape index (κ1) is 11.5. The third-order valence-corrected chi connectivity index (χ3v) is 3.29. The van der Waals surface area contributed by atoms with Crippen molar-refractivity contribution in [2.24, 2.45) is 5.92 Å². The fourth-order valence-corrected chi connectivity index (χ4v) is 2.30. The Morgan fingerprint density at radius 3 is 3.06 bits per heavy atom. The first-order valence-corrected chi connectivity index (χ1v) is 6.39. The quantitative estimate of drug-likeness (QED) is 0.905. The average molecular weight is 247 g/mol. The Labute approximate surface area is 106 Å². The number of aromatic nitrogens is 3. The molecule has 1 aliphatic rings. The highest BCUT2D eigenvalue weighted by molar-refractivity contribution is 5.71. The topological polar surface area (TPSA) is 60.0 Å². The van der Waals surface area contributed by atoms with Crippen molar-refractivity contribution in [3.05, 3.63) is 18.0 Å². The van der Waals surface area contributed by atoms with Crippen molar-refractivity contribution in [3.63, 3.8) is 0 Å². The van der Waals surface area contributed by atoms with Crippen LogP contribution in [0.15, 0.2) is 12.1 Å². The maximum absolute atomic E-state index is 5.71. The summed E-state index contributed by atoms with van der Waals surface area (Å²) in [5.41, 5.74) is 1.62. The number of ether oxygens (including phenoxy) is 2. The Morgan fingerprint density at radius 2 is 2.33 bits per heavy atom. The number of imidazole rings is 1. The normalized spacial score (nSPS) is 23.7. The molecule has 5 nitrogen and oxygen atoms in total. The molecule has 3 heterocycles. The van der Waals surface area contributed by atoms with E-state index in [0.29, 0.717) is 24.1 Å². The number of aromatic amines is 1. The Morgan fingerprint density at radius 1 is 1.44 bits per heavy atom. The van der Waals surface area contributed by atoms with Crippen LogP contribution in [-0.4, -0.2) is 28.2 Å². The van der Waals surface area contributed by atoms with E-state index in [9.17, 15) is 0 Å². The van der Waals surface area contributed by atoms with Crippen LogP contribution in [0, 0.1) is 5.92 Å². The SMILES string of the molecule is CCOc1ccc2[nH]c(C3OCCC3C)nc2n1.